The van der Waals surface area contributed by atoms with Crippen molar-refractivity contribution < 1.29 is 19.1 Å². The van der Waals surface area contributed by atoms with Crippen LogP contribution >= 0.6 is 0 Å². The van der Waals surface area contributed by atoms with Crippen LogP contribution in [-0.2, 0) is 4.79 Å². The van der Waals surface area contributed by atoms with Crippen molar-refractivity contribution >= 4 is 11.9 Å². The molecule has 1 amide bonds. The van der Waals surface area contributed by atoms with Crippen LogP contribution in [0.5, 0.6) is 0 Å². The van der Waals surface area contributed by atoms with Crippen molar-refractivity contribution in [1.29, 1.82) is 0 Å². The molecule has 0 atom stereocenters. The number of rotatable bonds is 3. The second-order valence-electron chi connectivity index (χ2n) is 6.27. The Morgan fingerprint density at radius 1 is 1.23 bits per heavy atom. The van der Waals surface area contributed by atoms with Crippen LogP contribution in [0.2, 0.25) is 0 Å². The molecule has 136 valence electrons. The van der Waals surface area contributed by atoms with Gasteiger partial charge in [0.05, 0.1) is 5.92 Å². The van der Waals surface area contributed by atoms with Gasteiger partial charge in [0.15, 0.2) is 5.69 Å². The maximum Gasteiger partial charge on any atom is 0.306 e. The lowest BCUT2D eigenvalue weighted by atomic mass is 9.97. The number of carboxylic acid groups (broad SMARTS) is 1. The van der Waals surface area contributed by atoms with Crippen LogP contribution in [0.1, 0.15) is 29.0 Å². The quantitative estimate of drug-likeness (QED) is 0.899. The maximum atomic E-state index is 14.1. The summed E-state index contributed by atoms with van der Waals surface area (Å²) in [5.41, 5.74) is -0.294. The van der Waals surface area contributed by atoms with Crippen LogP contribution in [-0.4, -0.2) is 44.8 Å². The van der Waals surface area contributed by atoms with Crippen LogP contribution in [0.25, 0.3) is 5.69 Å². The van der Waals surface area contributed by atoms with Gasteiger partial charge in [-0.3, -0.25) is 14.4 Å². The topological polar surface area (TPSA) is 92.5 Å². The molecule has 1 aromatic heterocycles. The molecule has 0 aliphatic carbocycles. The lowest BCUT2D eigenvalue weighted by Crippen LogP contribution is -2.42. The van der Waals surface area contributed by atoms with Crippen LogP contribution < -0.4 is 5.43 Å². The van der Waals surface area contributed by atoms with Gasteiger partial charge in [-0.1, -0.05) is 12.1 Å². The maximum absolute atomic E-state index is 14.1. The van der Waals surface area contributed by atoms with Gasteiger partial charge in [0.1, 0.15) is 11.5 Å². The van der Waals surface area contributed by atoms with Gasteiger partial charge >= 0.3 is 5.97 Å². The summed E-state index contributed by atoms with van der Waals surface area (Å²) in [4.78, 5) is 37.4. The zero-order valence-electron chi connectivity index (χ0n) is 14.2. The highest BCUT2D eigenvalue weighted by Crippen LogP contribution is 2.19. The van der Waals surface area contributed by atoms with Gasteiger partial charge in [0.25, 0.3) is 5.91 Å². The number of hydrogen-bond donors (Lipinski definition) is 1. The number of nitrogens with zero attached hydrogens (tertiary/aromatic N) is 3. The van der Waals surface area contributed by atoms with Crippen molar-refractivity contribution in [2.75, 3.05) is 13.1 Å². The Bertz CT molecular complexity index is 917. The highest BCUT2D eigenvalue weighted by molar-refractivity contribution is 5.92. The summed E-state index contributed by atoms with van der Waals surface area (Å²) < 4.78 is 15.3. The third-order valence-corrected chi connectivity index (χ3v) is 4.52. The van der Waals surface area contributed by atoms with Gasteiger partial charge in [-0.05, 0) is 31.9 Å². The normalized spacial score (nSPS) is 15.1. The largest absolute Gasteiger partial charge is 0.481 e. The summed E-state index contributed by atoms with van der Waals surface area (Å²) in [5.74, 6) is -2.45. The van der Waals surface area contributed by atoms with Gasteiger partial charge in [0, 0.05) is 24.8 Å². The number of aryl methyl sites for hydroxylation is 1. The molecule has 3 rings (SSSR count). The fourth-order valence-electron chi connectivity index (χ4n) is 3.04. The first-order chi connectivity index (χ1) is 12.4. The molecule has 0 bridgehead atoms. The number of amides is 1. The third-order valence-electron chi connectivity index (χ3n) is 4.52. The fraction of sp³-hybridized carbons (Fsp3) is 0.333. The zero-order valence-corrected chi connectivity index (χ0v) is 14.2. The summed E-state index contributed by atoms with van der Waals surface area (Å²) in [6.07, 6.45) is 0.656. The van der Waals surface area contributed by atoms with Crippen molar-refractivity contribution in [3.05, 3.63) is 57.8 Å². The van der Waals surface area contributed by atoms with Gasteiger partial charge < -0.3 is 10.0 Å². The van der Waals surface area contributed by atoms with E-state index in [2.05, 4.69) is 5.10 Å². The number of carbonyl (C=O) groups is 2. The van der Waals surface area contributed by atoms with Crippen molar-refractivity contribution in [1.82, 2.24) is 14.7 Å². The number of benzene rings is 1. The van der Waals surface area contributed by atoms with Crippen molar-refractivity contribution in [2.24, 2.45) is 5.92 Å². The lowest BCUT2D eigenvalue weighted by Gasteiger charge is -2.29. The molecule has 2 aromatic rings. The molecule has 0 radical (unpaired) electrons. The first-order valence-electron chi connectivity index (χ1n) is 8.26. The Labute approximate surface area is 148 Å². The smallest absolute Gasteiger partial charge is 0.306 e. The van der Waals surface area contributed by atoms with Gasteiger partial charge in [-0.15, -0.1) is 0 Å². The Kier molecular flexibility index (Phi) is 4.83. The van der Waals surface area contributed by atoms with E-state index in [1.165, 1.54) is 33.8 Å². The van der Waals surface area contributed by atoms with Crippen molar-refractivity contribution in [3.63, 3.8) is 0 Å². The first-order valence-corrected chi connectivity index (χ1v) is 8.26. The fourth-order valence-corrected chi connectivity index (χ4v) is 3.04. The average Bonchev–Trinajstić information content (AvgIpc) is 2.62. The molecule has 1 saturated heterocycles. The number of aliphatic carboxylic acids is 1. The molecule has 0 saturated carbocycles. The minimum Gasteiger partial charge on any atom is -0.481 e. The van der Waals surface area contributed by atoms with E-state index < -0.39 is 29.0 Å². The summed E-state index contributed by atoms with van der Waals surface area (Å²) in [6, 6.07) is 7.20. The zero-order chi connectivity index (χ0) is 18.8. The van der Waals surface area contributed by atoms with Crippen LogP contribution in [0.3, 0.4) is 0 Å². The van der Waals surface area contributed by atoms with E-state index >= 15 is 0 Å². The summed E-state index contributed by atoms with van der Waals surface area (Å²) >= 11 is 0. The molecular weight excluding hydrogens is 341 g/mol. The standard InChI is InChI=1S/C18H18FN3O4/c1-11-10-15(23)16(20-22(11)14-5-3-2-4-13(14)19)17(24)21-8-6-12(7-9-21)18(25)26/h2-5,10,12H,6-9H2,1H3,(H,25,26). The predicted molar refractivity (Wildman–Crippen MR) is 90.8 cm³/mol. The molecule has 1 aromatic carbocycles. The average molecular weight is 359 g/mol. The SMILES string of the molecule is Cc1cc(=O)c(C(=O)N2CCC(C(=O)O)CC2)nn1-c1ccccc1F. The molecule has 0 unspecified atom stereocenters. The van der Waals surface area contributed by atoms with Crippen LogP contribution in [0.15, 0.2) is 35.1 Å². The first kappa shape index (κ1) is 17.8. The number of aromatic nitrogens is 2. The lowest BCUT2D eigenvalue weighted by molar-refractivity contribution is -0.143. The van der Waals surface area contributed by atoms with E-state index in [1.807, 2.05) is 0 Å². The molecule has 1 aliphatic heterocycles. The number of carbonyl (C=O) groups excluding carboxylic acids is 1. The van der Waals surface area contributed by atoms with Crippen LogP contribution in [0.4, 0.5) is 4.39 Å². The molecule has 1 N–H and O–H groups in total. The number of carboxylic acids is 1. The molecule has 26 heavy (non-hydrogen) atoms. The van der Waals surface area contributed by atoms with Crippen molar-refractivity contribution in [3.8, 4) is 5.69 Å². The molecule has 7 nitrogen and oxygen atoms in total. The number of hydrogen-bond acceptors (Lipinski definition) is 4. The highest BCUT2D eigenvalue weighted by atomic mass is 19.1. The van der Waals surface area contributed by atoms with Gasteiger partial charge in [0.2, 0.25) is 5.43 Å². The Morgan fingerprint density at radius 2 is 1.88 bits per heavy atom. The highest BCUT2D eigenvalue weighted by Gasteiger charge is 2.29. The van der Waals surface area contributed by atoms with E-state index in [0.717, 1.165) is 0 Å². The minimum absolute atomic E-state index is 0.142. The number of para-hydroxylation sites is 1. The predicted octanol–water partition coefficient (Wildman–Crippen LogP) is 1.62. The number of halogens is 1. The number of piperidine rings is 1. The molecule has 0 spiro atoms. The summed E-state index contributed by atoms with van der Waals surface area (Å²) in [7, 11) is 0. The molecule has 2 heterocycles. The molecule has 8 heteroatoms. The van der Waals surface area contributed by atoms with E-state index in [9.17, 15) is 18.8 Å². The number of likely N-dealkylation sites (tertiary alicyclic amines) is 1. The van der Waals surface area contributed by atoms with Crippen molar-refractivity contribution in [2.45, 2.75) is 19.8 Å². The van der Waals surface area contributed by atoms with Crippen LogP contribution in [0, 0.1) is 18.7 Å². The van der Waals surface area contributed by atoms with E-state index in [4.69, 9.17) is 5.11 Å². The monoisotopic (exact) mass is 359 g/mol. The van der Waals surface area contributed by atoms with E-state index in [-0.39, 0.29) is 24.5 Å². The molecule has 1 aliphatic rings. The Balaban J connectivity index is 1.92. The molecule has 1 fully saturated rings. The second-order valence-corrected chi connectivity index (χ2v) is 6.27. The Hall–Kier alpha value is -3.03. The molecular formula is C18H18FN3O4. The second kappa shape index (κ2) is 7.07. The van der Waals surface area contributed by atoms with E-state index in [1.54, 1.807) is 13.0 Å². The van der Waals surface area contributed by atoms with Gasteiger partial charge in [-0.2, -0.15) is 5.10 Å². The Morgan fingerprint density at radius 3 is 2.50 bits per heavy atom. The minimum atomic E-state index is -0.882. The third kappa shape index (κ3) is 3.35. The van der Waals surface area contributed by atoms with Gasteiger partial charge in [-0.25, -0.2) is 9.07 Å². The summed E-state index contributed by atoms with van der Waals surface area (Å²) in [5, 5.41) is 13.1. The van der Waals surface area contributed by atoms with E-state index in [0.29, 0.717) is 18.5 Å². The summed E-state index contributed by atoms with van der Waals surface area (Å²) in [6.45, 7) is 2.09.